The maximum Gasteiger partial charge on any atom is 0.407 e. The molecule has 0 spiro atoms. The van der Waals surface area contributed by atoms with E-state index < -0.39 is 0 Å². The minimum atomic E-state index is -0.383. The summed E-state index contributed by atoms with van der Waals surface area (Å²) in [5.41, 5.74) is 8.45. The first-order chi connectivity index (χ1) is 16.7. The second-order valence-corrected chi connectivity index (χ2v) is 9.29. The standard InChI is InChI=1S/C29H33N3O3/c1-17(2)30-29(33)35-12-11-21-7-9-22(10-8-21)31-28-23-13-18(3)19(4)14-25(23)32-26-15-20(5)27(34-6)16-24(26)28/h7-10,13-17H,11-12H2,1-6H3,(H,30,33)(H,31,32). The fraction of sp³-hybridized carbons (Fsp3) is 0.310. The number of carbonyl (C=O) groups excluding carboxylic acids is 1. The first-order valence-corrected chi connectivity index (χ1v) is 11.9. The second-order valence-electron chi connectivity index (χ2n) is 9.29. The van der Waals surface area contributed by atoms with Gasteiger partial charge in [-0.1, -0.05) is 12.1 Å². The van der Waals surface area contributed by atoms with Gasteiger partial charge in [0.2, 0.25) is 0 Å². The number of hydrogen-bond donors (Lipinski definition) is 2. The highest BCUT2D eigenvalue weighted by atomic mass is 16.5. The number of aryl methyl sites for hydroxylation is 3. The Balaban J connectivity index is 1.64. The summed E-state index contributed by atoms with van der Waals surface area (Å²) in [7, 11) is 1.69. The van der Waals surface area contributed by atoms with Gasteiger partial charge in [-0.25, -0.2) is 9.78 Å². The average molecular weight is 472 g/mol. The van der Waals surface area contributed by atoms with Crippen molar-refractivity contribution in [2.45, 2.75) is 47.1 Å². The number of aromatic nitrogens is 1. The van der Waals surface area contributed by atoms with Crippen LogP contribution < -0.4 is 15.4 Å². The Kier molecular flexibility index (Phi) is 7.10. The van der Waals surface area contributed by atoms with Crippen LogP contribution >= 0.6 is 0 Å². The van der Waals surface area contributed by atoms with Crippen LogP contribution in [0.25, 0.3) is 21.8 Å². The van der Waals surface area contributed by atoms with E-state index in [1.165, 1.54) is 11.1 Å². The number of nitrogens with one attached hydrogen (secondary N) is 2. The Hall–Kier alpha value is -3.80. The van der Waals surface area contributed by atoms with Crippen molar-refractivity contribution in [2.24, 2.45) is 0 Å². The first-order valence-electron chi connectivity index (χ1n) is 11.9. The van der Waals surface area contributed by atoms with E-state index in [9.17, 15) is 4.79 Å². The third-order valence-corrected chi connectivity index (χ3v) is 6.16. The van der Waals surface area contributed by atoms with Crippen molar-refractivity contribution in [1.29, 1.82) is 0 Å². The van der Waals surface area contributed by atoms with E-state index in [0.29, 0.717) is 13.0 Å². The summed E-state index contributed by atoms with van der Waals surface area (Å²) in [6.45, 7) is 10.4. The molecule has 0 saturated heterocycles. The van der Waals surface area contributed by atoms with Crippen LogP contribution in [0.3, 0.4) is 0 Å². The summed E-state index contributed by atoms with van der Waals surface area (Å²) >= 11 is 0. The number of amides is 1. The second kappa shape index (κ2) is 10.2. The van der Waals surface area contributed by atoms with Crippen molar-refractivity contribution in [1.82, 2.24) is 10.3 Å². The van der Waals surface area contributed by atoms with Crippen LogP contribution in [0, 0.1) is 20.8 Å². The Morgan fingerprint density at radius 3 is 2.20 bits per heavy atom. The number of hydrogen-bond acceptors (Lipinski definition) is 5. The molecule has 0 aliphatic rings. The molecule has 1 aromatic heterocycles. The number of fused-ring (bicyclic) bond motifs is 2. The molecule has 0 saturated carbocycles. The van der Waals surface area contributed by atoms with E-state index in [1.54, 1.807) is 7.11 Å². The molecule has 35 heavy (non-hydrogen) atoms. The van der Waals surface area contributed by atoms with Gasteiger partial charge in [-0.05, 0) is 93.3 Å². The zero-order chi connectivity index (χ0) is 25.1. The van der Waals surface area contributed by atoms with Gasteiger partial charge in [0, 0.05) is 28.9 Å². The number of pyridine rings is 1. The molecule has 4 rings (SSSR count). The van der Waals surface area contributed by atoms with Crippen molar-refractivity contribution >= 4 is 39.3 Å². The van der Waals surface area contributed by atoms with Crippen LogP contribution in [0.2, 0.25) is 0 Å². The Morgan fingerprint density at radius 1 is 0.914 bits per heavy atom. The van der Waals surface area contributed by atoms with E-state index in [1.807, 2.05) is 32.9 Å². The van der Waals surface area contributed by atoms with Crippen molar-refractivity contribution in [2.75, 3.05) is 19.0 Å². The summed E-state index contributed by atoms with van der Waals surface area (Å²) in [6, 6.07) is 16.7. The average Bonchev–Trinajstić information content (AvgIpc) is 2.80. The topological polar surface area (TPSA) is 72.5 Å². The van der Waals surface area contributed by atoms with Crippen LogP contribution in [0.15, 0.2) is 48.5 Å². The Bertz CT molecular complexity index is 1380. The van der Waals surface area contributed by atoms with Crippen LogP contribution in [-0.2, 0) is 11.2 Å². The maximum absolute atomic E-state index is 11.7. The fourth-order valence-corrected chi connectivity index (χ4v) is 4.13. The van der Waals surface area contributed by atoms with Crippen LogP contribution in [0.4, 0.5) is 16.2 Å². The molecule has 6 nitrogen and oxygen atoms in total. The van der Waals surface area contributed by atoms with E-state index in [2.05, 4.69) is 60.9 Å². The number of carbonyl (C=O) groups is 1. The van der Waals surface area contributed by atoms with Gasteiger partial charge in [0.15, 0.2) is 0 Å². The van der Waals surface area contributed by atoms with Crippen molar-refractivity contribution in [3.63, 3.8) is 0 Å². The minimum Gasteiger partial charge on any atom is -0.496 e. The molecule has 2 N–H and O–H groups in total. The van der Waals surface area contributed by atoms with Gasteiger partial charge in [0.1, 0.15) is 5.75 Å². The third-order valence-electron chi connectivity index (χ3n) is 6.16. The Morgan fingerprint density at radius 2 is 1.54 bits per heavy atom. The van der Waals surface area contributed by atoms with Gasteiger partial charge >= 0.3 is 6.09 Å². The van der Waals surface area contributed by atoms with Gasteiger partial charge in [-0.15, -0.1) is 0 Å². The molecule has 0 atom stereocenters. The number of rotatable bonds is 7. The first kappa shape index (κ1) is 24.3. The molecule has 4 aromatic rings. The molecule has 6 heteroatoms. The van der Waals surface area contributed by atoms with Crippen LogP contribution in [0.1, 0.15) is 36.1 Å². The van der Waals surface area contributed by atoms with Crippen molar-refractivity contribution in [3.8, 4) is 5.75 Å². The van der Waals surface area contributed by atoms with Crippen molar-refractivity contribution in [3.05, 3.63) is 70.8 Å². The number of nitrogens with zero attached hydrogens (tertiary/aromatic N) is 1. The maximum atomic E-state index is 11.7. The van der Waals surface area contributed by atoms with Gasteiger partial charge in [0.05, 0.1) is 30.4 Å². The lowest BCUT2D eigenvalue weighted by Crippen LogP contribution is -2.31. The molecule has 1 amide bonds. The lowest BCUT2D eigenvalue weighted by molar-refractivity contribution is 0.145. The fourth-order valence-electron chi connectivity index (χ4n) is 4.13. The molecular weight excluding hydrogens is 438 g/mol. The van der Waals surface area contributed by atoms with E-state index in [4.69, 9.17) is 14.5 Å². The van der Waals surface area contributed by atoms with Gasteiger partial charge in [0.25, 0.3) is 0 Å². The van der Waals surface area contributed by atoms with E-state index in [0.717, 1.165) is 50.1 Å². The molecule has 1 heterocycles. The zero-order valence-corrected chi connectivity index (χ0v) is 21.3. The molecule has 182 valence electrons. The summed E-state index contributed by atoms with van der Waals surface area (Å²) in [6.07, 6.45) is 0.271. The summed E-state index contributed by atoms with van der Waals surface area (Å²) in [4.78, 5) is 16.6. The molecule has 0 aliphatic heterocycles. The number of methoxy groups -OCH3 is 1. The molecular formula is C29H33N3O3. The Labute approximate surface area is 206 Å². The van der Waals surface area contributed by atoms with Gasteiger partial charge in [-0.3, -0.25) is 0 Å². The minimum absolute atomic E-state index is 0.0600. The van der Waals surface area contributed by atoms with Gasteiger partial charge < -0.3 is 20.1 Å². The largest absolute Gasteiger partial charge is 0.496 e. The number of benzene rings is 3. The monoisotopic (exact) mass is 471 g/mol. The summed E-state index contributed by atoms with van der Waals surface area (Å²) < 4.78 is 10.9. The molecule has 0 fully saturated rings. The quantitative estimate of drug-likeness (QED) is 0.292. The third kappa shape index (κ3) is 5.48. The van der Waals surface area contributed by atoms with E-state index in [-0.39, 0.29) is 12.1 Å². The lowest BCUT2D eigenvalue weighted by Gasteiger charge is -2.17. The molecule has 0 aliphatic carbocycles. The highest BCUT2D eigenvalue weighted by Crippen LogP contribution is 2.37. The lowest BCUT2D eigenvalue weighted by atomic mass is 10.0. The van der Waals surface area contributed by atoms with Gasteiger partial charge in [-0.2, -0.15) is 0 Å². The zero-order valence-electron chi connectivity index (χ0n) is 21.3. The predicted molar refractivity (Wildman–Crippen MR) is 143 cm³/mol. The summed E-state index contributed by atoms with van der Waals surface area (Å²) in [5, 5.41) is 8.45. The SMILES string of the molecule is COc1cc2c(Nc3ccc(CCOC(=O)NC(C)C)cc3)c3cc(C)c(C)cc3nc2cc1C. The van der Waals surface area contributed by atoms with E-state index >= 15 is 0 Å². The normalized spacial score (nSPS) is 11.2. The molecule has 3 aromatic carbocycles. The molecule has 0 bridgehead atoms. The molecule has 0 unspecified atom stereocenters. The number of ether oxygens (including phenoxy) is 2. The highest BCUT2D eigenvalue weighted by Gasteiger charge is 2.14. The molecule has 0 radical (unpaired) electrons. The highest BCUT2D eigenvalue weighted by molar-refractivity contribution is 6.09. The predicted octanol–water partition coefficient (Wildman–Crippen LogP) is 6.74. The smallest absolute Gasteiger partial charge is 0.407 e. The number of anilines is 2. The van der Waals surface area contributed by atoms with Crippen LogP contribution in [-0.4, -0.2) is 30.8 Å². The summed E-state index contributed by atoms with van der Waals surface area (Å²) in [5.74, 6) is 0.836. The number of alkyl carbamates (subject to hydrolysis) is 1. The van der Waals surface area contributed by atoms with Crippen LogP contribution in [0.5, 0.6) is 5.75 Å². The van der Waals surface area contributed by atoms with Crippen molar-refractivity contribution < 1.29 is 14.3 Å².